The Bertz CT molecular complexity index is 989. The first-order valence-corrected chi connectivity index (χ1v) is 10.1. The number of urea groups is 1. The Kier molecular flexibility index (Phi) is 4.24. The molecule has 1 N–H and O–H groups in total. The molecular weight excluding hydrogens is 366 g/mol. The summed E-state index contributed by atoms with van der Waals surface area (Å²) in [7, 11) is -3.84. The van der Waals surface area contributed by atoms with Gasteiger partial charge in [0.1, 0.15) is 6.04 Å². The SMILES string of the molecule is Cc1ccc(N2C(=O)N[C@@H]3CCN(S(=O)(=O)c4ccccc4)[C@H]3C2=O)cc1. The van der Waals surface area contributed by atoms with Crippen molar-refractivity contribution in [2.45, 2.75) is 30.3 Å². The number of fused-ring (bicyclic) bond motifs is 1. The number of rotatable bonds is 3. The number of aryl methyl sites for hydroxylation is 1. The lowest BCUT2D eigenvalue weighted by Gasteiger charge is -2.36. The third-order valence-corrected chi connectivity index (χ3v) is 6.87. The van der Waals surface area contributed by atoms with Crippen LogP contribution >= 0.6 is 0 Å². The van der Waals surface area contributed by atoms with Gasteiger partial charge in [-0.3, -0.25) is 4.79 Å². The maximum absolute atomic E-state index is 13.2. The Morgan fingerprint density at radius 1 is 1.00 bits per heavy atom. The minimum Gasteiger partial charge on any atom is -0.332 e. The molecule has 2 heterocycles. The smallest absolute Gasteiger partial charge is 0.329 e. The third-order valence-electron chi connectivity index (χ3n) is 4.98. The van der Waals surface area contributed by atoms with Gasteiger partial charge >= 0.3 is 6.03 Å². The highest BCUT2D eigenvalue weighted by Crippen LogP contribution is 2.31. The highest BCUT2D eigenvalue weighted by atomic mass is 32.2. The zero-order valence-electron chi connectivity index (χ0n) is 14.7. The van der Waals surface area contributed by atoms with Crippen LogP contribution in [0.1, 0.15) is 12.0 Å². The van der Waals surface area contributed by atoms with Gasteiger partial charge in [-0.25, -0.2) is 18.1 Å². The van der Waals surface area contributed by atoms with E-state index in [9.17, 15) is 18.0 Å². The van der Waals surface area contributed by atoms with Crippen molar-refractivity contribution in [1.82, 2.24) is 9.62 Å². The molecule has 2 aromatic carbocycles. The fourth-order valence-electron chi connectivity index (χ4n) is 3.60. The van der Waals surface area contributed by atoms with Gasteiger partial charge in [0.15, 0.2) is 0 Å². The summed E-state index contributed by atoms with van der Waals surface area (Å²) in [5, 5.41) is 2.79. The van der Waals surface area contributed by atoms with E-state index in [1.807, 2.05) is 6.92 Å². The average Bonchev–Trinajstić information content (AvgIpc) is 3.09. The van der Waals surface area contributed by atoms with Crippen LogP contribution in [0.15, 0.2) is 59.5 Å². The van der Waals surface area contributed by atoms with Crippen LogP contribution in [-0.4, -0.2) is 43.3 Å². The summed E-state index contributed by atoms with van der Waals surface area (Å²) in [5.74, 6) is -0.524. The number of nitrogens with zero attached hydrogens (tertiary/aromatic N) is 2. The molecule has 2 saturated heterocycles. The number of sulfonamides is 1. The molecule has 0 aliphatic carbocycles. The first-order valence-electron chi connectivity index (χ1n) is 8.67. The molecule has 0 spiro atoms. The minimum atomic E-state index is -3.84. The van der Waals surface area contributed by atoms with Gasteiger partial charge in [0, 0.05) is 6.54 Å². The fourth-order valence-corrected chi connectivity index (χ4v) is 5.26. The number of carbonyl (C=O) groups excluding carboxylic acids is 2. The summed E-state index contributed by atoms with van der Waals surface area (Å²) in [6, 6.07) is 13.0. The summed E-state index contributed by atoms with van der Waals surface area (Å²) in [6.07, 6.45) is 0.399. The zero-order chi connectivity index (χ0) is 19.2. The normalized spacial score (nSPS) is 23.2. The van der Waals surface area contributed by atoms with Crippen LogP contribution < -0.4 is 10.2 Å². The van der Waals surface area contributed by atoms with Gasteiger partial charge in [-0.05, 0) is 37.6 Å². The maximum atomic E-state index is 13.2. The largest absolute Gasteiger partial charge is 0.332 e. The highest BCUT2D eigenvalue weighted by Gasteiger charge is 2.52. The maximum Gasteiger partial charge on any atom is 0.329 e. The summed E-state index contributed by atoms with van der Waals surface area (Å²) < 4.78 is 27.3. The van der Waals surface area contributed by atoms with Crippen LogP contribution in [0.2, 0.25) is 0 Å². The van der Waals surface area contributed by atoms with Crippen molar-refractivity contribution >= 4 is 27.6 Å². The molecule has 2 aromatic rings. The van der Waals surface area contributed by atoms with Crippen LogP contribution in [-0.2, 0) is 14.8 Å². The van der Waals surface area contributed by atoms with Crippen LogP contribution in [0.5, 0.6) is 0 Å². The molecule has 4 rings (SSSR count). The molecule has 2 aliphatic rings. The Morgan fingerprint density at radius 2 is 1.67 bits per heavy atom. The van der Waals surface area contributed by atoms with Crippen molar-refractivity contribution in [1.29, 1.82) is 0 Å². The quantitative estimate of drug-likeness (QED) is 0.874. The molecule has 7 nitrogen and oxygen atoms in total. The number of anilines is 1. The molecule has 3 amide bonds. The van der Waals surface area contributed by atoms with Gasteiger partial charge in [0.25, 0.3) is 5.91 Å². The van der Waals surface area contributed by atoms with E-state index in [0.29, 0.717) is 12.1 Å². The molecule has 8 heteroatoms. The van der Waals surface area contributed by atoms with E-state index >= 15 is 0 Å². The van der Waals surface area contributed by atoms with E-state index in [4.69, 9.17) is 0 Å². The first kappa shape index (κ1) is 17.7. The van der Waals surface area contributed by atoms with Crippen molar-refractivity contribution < 1.29 is 18.0 Å². The Balaban J connectivity index is 1.71. The average molecular weight is 385 g/mol. The number of hydrogen-bond donors (Lipinski definition) is 1. The lowest BCUT2D eigenvalue weighted by Crippen LogP contribution is -2.64. The van der Waals surface area contributed by atoms with Gasteiger partial charge in [0.2, 0.25) is 10.0 Å². The van der Waals surface area contributed by atoms with Gasteiger partial charge in [-0.2, -0.15) is 4.31 Å². The number of carbonyl (C=O) groups is 2. The van der Waals surface area contributed by atoms with E-state index in [2.05, 4.69) is 5.32 Å². The molecule has 0 aromatic heterocycles. The van der Waals surface area contributed by atoms with E-state index in [0.717, 1.165) is 10.5 Å². The zero-order valence-corrected chi connectivity index (χ0v) is 15.5. The van der Waals surface area contributed by atoms with Gasteiger partial charge in [-0.1, -0.05) is 35.9 Å². The van der Waals surface area contributed by atoms with E-state index in [1.54, 1.807) is 42.5 Å². The molecule has 0 unspecified atom stereocenters. The predicted molar refractivity (Wildman–Crippen MR) is 99.7 cm³/mol. The second-order valence-electron chi connectivity index (χ2n) is 6.73. The minimum absolute atomic E-state index is 0.136. The number of imide groups is 1. The van der Waals surface area contributed by atoms with E-state index in [-0.39, 0.29) is 11.4 Å². The van der Waals surface area contributed by atoms with Crippen molar-refractivity contribution in [3.63, 3.8) is 0 Å². The van der Waals surface area contributed by atoms with E-state index in [1.165, 1.54) is 16.4 Å². The van der Waals surface area contributed by atoms with Crippen molar-refractivity contribution in [2.24, 2.45) is 0 Å². The first-order chi connectivity index (χ1) is 12.9. The van der Waals surface area contributed by atoms with Crippen molar-refractivity contribution in [3.8, 4) is 0 Å². The molecule has 140 valence electrons. The molecule has 0 bridgehead atoms. The molecule has 0 saturated carbocycles. The van der Waals surface area contributed by atoms with Crippen LogP contribution in [0.4, 0.5) is 10.5 Å². The number of nitrogens with one attached hydrogen (secondary N) is 1. The lowest BCUT2D eigenvalue weighted by atomic mass is 10.1. The Hall–Kier alpha value is -2.71. The van der Waals surface area contributed by atoms with Gasteiger partial charge in [-0.15, -0.1) is 0 Å². The number of amides is 3. The molecule has 2 fully saturated rings. The van der Waals surface area contributed by atoms with Crippen LogP contribution in [0, 0.1) is 6.92 Å². The van der Waals surface area contributed by atoms with E-state index < -0.39 is 34.0 Å². The fraction of sp³-hybridized carbons (Fsp3) is 0.263. The van der Waals surface area contributed by atoms with Crippen molar-refractivity contribution in [3.05, 3.63) is 60.2 Å². The standard InChI is InChI=1S/C19H19N3O4S/c1-13-7-9-14(10-8-13)22-18(23)17-16(20-19(22)24)11-12-21(17)27(25,26)15-5-3-2-4-6-15/h2-10,16-17H,11-12H2,1H3,(H,20,24)/t16-,17-/m1/s1. The Morgan fingerprint density at radius 3 is 2.33 bits per heavy atom. The summed E-state index contributed by atoms with van der Waals surface area (Å²) in [6.45, 7) is 2.09. The lowest BCUT2D eigenvalue weighted by molar-refractivity contribution is -0.122. The highest BCUT2D eigenvalue weighted by molar-refractivity contribution is 7.89. The topological polar surface area (TPSA) is 86.8 Å². The molecule has 2 atom stereocenters. The number of benzene rings is 2. The molecular formula is C19H19N3O4S. The van der Waals surface area contributed by atoms with Crippen molar-refractivity contribution in [2.75, 3.05) is 11.4 Å². The number of hydrogen-bond acceptors (Lipinski definition) is 4. The second kappa shape index (κ2) is 6.47. The molecule has 0 radical (unpaired) electrons. The van der Waals surface area contributed by atoms with Gasteiger partial charge in [0.05, 0.1) is 16.6 Å². The summed E-state index contributed by atoms with van der Waals surface area (Å²) in [5.41, 5.74) is 1.42. The monoisotopic (exact) mass is 385 g/mol. The summed E-state index contributed by atoms with van der Waals surface area (Å²) >= 11 is 0. The summed E-state index contributed by atoms with van der Waals surface area (Å²) in [4.78, 5) is 26.8. The van der Waals surface area contributed by atoms with Gasteiger partial charge < -0.3 is 5.32 Å². The third kappa shape index (κ3) is 2.90. The molecule has 27 heavy (non-hydrogen) atoms. The predicted octanol–water partition coefficient (Wildman–Crippen LogP) is 1.88. The Labute approximate surface area is 157 Å². The van der Waals surface area contributed by atoms with Crippen LogP contribution in [0.3, 0.4) is 0 Å². The second-order valence-corrected chi connectivity index (χ2v) is 8.62. The molecule has 2 aliphatic heterocycles. The van der Waals surface area contributed by atoms with Crippen LogP contribution in [0.25, 0.3) is 0 Å².